The summed E-state index contributed by atoms with van der Waals surface area (Å²) >= 11 is 1.63. The molecule has 3 heterocycles. The lowest BCUT2D eigenvalue weighted by molar-refractivity contribution is 0.314. The van der Waals surface area contributed by atoms with Gasteiger partial charge in [-0.2, -0.15) is 0 Å². The SMILES string of the molecule is Cc1nc(-c2nc(C)c(C)s2)cc([C@@H]2CCCN(S(C)(=O)=O)C2)n1. The molecule has 1 aliphatic rings. The Morgan fingerprint density at radius 1 is 1.21 bits per heavy atom. The topological polar surface area (TPSA) is 76.1 Å². The van der Waals surface area contributed by atoms with Crippen LogP contribution in [0.1, 0.15) is 40.8 Å². The predicted molar refractivity (Wildman–Crippen MR) is 95.7 cm³/mol. The molecule has 2 aromatic rings. The number of piperidine rings is 1. The van der Waals surface area contributed by atoms with Gasteiger partial charge in [-0.15, -0.1) is 11.3 Å². The van der Waals surface area contributed by atoms with Crippen LogP contribution in [0.25, 0.3) is 10.7 Å². The highest BCUT2D eigenvalue weighted by Crippen LogP contribution is 2.31. The molecule has 24 heavy (non-hydrogen) atoms. The third-order valence-corrected chi connectivity index (χ3v) is 6.74. The van der Waals surface area contributed by atoms with E-state index in [2.05, 4.69) is 21.9 Å². The minimum Gasteiger partial charge on any atom is -0.239 e. The van der Waals surface area contributed by atoms with Gasteiger partial charge in [0.1, 0.15) is 16.5 Å². The Hall–Kier alpha value is -1.38. The van der Waals surface area contributed by atoms with E-state index < -0.39 is 10.0 Å². The van der Waals surface area contributed by atoms with Gasteiger partial charge >= 0.3 is 0 Å². The van der Waals surface area contributed by atoms with Gasteiger partial charge in [0.2, 0.25) is 10.0 Å². The number of hydrogen-bond donors (Lipinski definition) is 0. The van der Waals surface area contributed by atoms with Crippen LogP contribution in [0.3, 0.4) is 0 Å². The van der Waals surface area contributed by atoms with Crippen molar-refractivity contribution in [2.24, 2.45) is 0 Å². The monoisotopic (exact) mass is 366 g/mol. The maximum absolute atomic E-state index is 11.8. The van der Waals surface area contributed by atoms with Crippen LogP contribution in [0.15, 0.2) is 6.07 Å². The zero-order chi connectivity index (χ0) is 17.5. The molecule has 1 saturated heterocycles. The second kappa shape index (κ2) is 6.50. The fourth-order valence-electron chi connectivity index (χ4n) is 2.98. The van der Waals surface area contributed by atoms with E-state index in [9.17, 15) is 8.42 Å². The van der Waals surface area contributed by atoms with E-state index in [1.807, 2.05) is 19.9 Å². The van der Waals surface area contributed by atoms with E-state index in [1.165, 1.54) is 11.1 Å². The Balaban J connectivity index is 1.94. The maximum atomic E-state index is 11.8. The summed E-state index contributed by atoms with van der Waals surface area (Å²) in [5, 5.41) is 0.896. The molecule has 2 aromatic heterocycles. The van der Waals surface area contributed by atoms with Crippen molar-refractivity contribution < 1.29 is 8.42 Å². The van der Waals surface area contributed by atoms with Crippen LogP contribution in [0.4, 0.5) is 0 Å². The van der Waals surface area contributed by atoms with E-state index in [1.54, 1.807) is 15.6 Å². The maximum Gasteiger partial charge on any atom is 0.211 e. The van der Waals surface area contributed by atoms with E-state index in [0.717, 1.165) is 34.9 Å². The zero-order valence-electron chi connectivity index (χ0n) is 14.4. The number of nitrogens with zero attached hydrogens (tertiary/aromatic N) is 4. The molecule has 0 amide bonds. The Labute approximate surface area is 147 Å². The van der Waals surface area contributed by atoms with Gasteiger partial charge in [-0.05, 0) is 39.7 Å². The fraction of sp³-hybridized carbons (Fsp3) is 0.562. The lowest BCUT2D eigenvalue weighted by Gasteiger charge is -2.30. The molecular formula is C16H22N4O2S2. The molecule has 130 valence electrons. The van der Waals surface area contributed by atoms with Crippen molar-refractivity contribution in [1.82, 2.24) is 19.3 Å². The van der Waals surface area contributed by atoms with Crippen molar-refractivity contribution >= 4 is 21.4 Å². The molecule has 0 aromatic carbocycles. The Morgan fingerprint density at radius 3 is 2.58 bits per heavy atom. The van der Waals surface area contributed by atoms with Crippen molar-refractivity contribution in [3.05, 3.63) is 28.2 Å². The van der Waals surface area contributed by atoms with Gasteiger partial charge in [0.15, 0.2) is 0 Å². The average Bonchev–Trinajstić information content (AvgIpc) is 2.85. The minimum absolute atomic E-state index is 0.107. The van der Waals surface area contributed by atoms with Crippen molar-refractivity contribution in [3.8, 4) is 10.7 Å². The van der Waals surface area contributed by atoms with Crippen LogP contribution in [-0.2, 0) is 10.0 Å². The lowest BCUT2D eigenvalue weighted by atomic mass is 9.95. The van der Waals surface area contributed by atoms with Crippen molar-refractivity contribution in [2.45, 2.75) is 39.5 Å². The first-order valence-electron chi connectivity index (χ1n) is 7.99. The molecule has 6 nitrogen and oxygen atoms in total. The van der Waals surface area contributed by atoms with Gasteiger partial charge in [-0.1, -0.05) is 0 Å². The number of aromatic nitrogens is 3. The zero-order valence-corrected chi connectivity index (χ0v) is 16.0. The first-order chi connectivity index (χ1) is 11.2. The summed E-state index contributed by atoms with van der Waals surface area (Å²) in [4.78, 5) is 14.9. The number of thiazole rings is 1. The second-order valence-corrected chi connectivity index (χ2v) is 9.53. The third kappa shape index (κ3) is 3.65. The molecule has 1 aliphatic heterocycles. The van der Waals surface area contributed by atoms with E-state index in [0.29, 0.717) is 18.9 Å². The molecule has 0 radical (unpaired) electrons. The molecule has 0 aliphatic carbocycles. The van der Waals surface area contributed by atoms with Crippen LogP contribution in [0.5, 0.6) is 0 Å². The quantitative estimate of drug-likeness (QED) is 0.835. The molecule has 8 heteroatoms. The van der Waals surface area contributed by atoms with Gasteiger partial charge in [0, 0.05) is 29.6 Å². The molecule has 0 unspecified atom stereocenters. The predicted octanol–water partition coefficient (Wildman–Crippen LogP) is 2.66. The molecular weight excluding hydrogens is 344 g/mol. The van der Waals surface area contributed by atoms with Crippen LogP contribution in [0.2, 0.25) is 0 Å². The number of aryl methyl sites for hydroxylation is 3. The normalized spacial score (nSPS) is 19.6. The van der Waals surface area contributed by atoms with E-state index in [4.69, 9.17) is 0 Å². The van der Waals surface area contributed by atoms with Gasteiger partial charge < -0.3 is 0 Å². The second-order valence-electron chi connectivity index (χ2n) is 6.35. The summed E-state index contributed by atoms with van der Waals surface area (Å²) in [5.41, 5.74) is 2.76. The standard InChI is InChI=1S/C16H22N4O2S2/c1-10-11(2)23-16(17-10)15-8-14(18-12(3)19-15)13-6-5-7-20(9-13)24(4,21)22/h8,13H,5-7,9H2,1-4H3/t13-/m1/s1. The summed E-state index contributed by atoms with van der Waals surface area (Å²) < 4.78 is 25.2. The highest BCUT2D eigenvalue weighted by atomic mass is 32.2. The van der Waals surface area contributed by atoms with Crippen LogP contribution in [0, 0.1) is 20.8 Å². The summed E-state index contributed by atoms with van der Waals surface area (Å²) in [6, 6.07) is 1.97. The smallest absolute Gasteiger partial charge is 0.211 e. The van der Waals surface area contributed by atoms with Gasteiger partial charge in [-0.25, -0.2) is 27.7 Å². The molecule has 0 N–H and O–H groups in total. The summed E-state index contributed by atoms with van der Waals surface area (Å²) in [7, 11) is -3.16. The minimum atomic E-state index is -3.16. The highest BCUT2D eigenvalue weighted by molar-refractivity contribution is 7.88. The van der Waals surface area contributed by atoms with Gasteiger partial charge in [-0.3, -0.25) is 0 Å². The lowest BCUT2D eigenvalue weighted by Crippen LogP contribution is -2.38. The summed E-state index contributed by atoms with van der Waals surface area (Å²) in [5.74, 6) is 0.806. The molecule has 1 fully saturated rings. The Bertz CT molecular complexity index is 841. The van der Waals surface area contributed by atoms with Crippen molar-refractivity contribution in [3.63, 3.8) is 0 Å². The first kappa shape index (κ1) is 17.4. The first-order valence-corrected chi connectivity index (χ1v) is 10.7. The summed E-state index contributed by atoms with van der Waals surface area (Å²) in [6.07, 6.45) is 3.07. The summed E-state index contributed by atoms with van der Waals surface area (Å²) in [6.45, 7) is 7.01. The van der Waals surface area contributed by atoms with Crippen molar-refractivity contribution in [2.75, 3.05) is 19.3 Å². The molecule has 3 rings (SSSR count). The molecule has 1 atom stereocenters. The average molecular weight is 367 g/mol. The molecule has 0 spiro atoms. The molecule has 0 bridgehead atoms. The van der Waals surface area contributed by atoms with E-state index >= 15 is 0 Å². The Kier molecular flexibility index (Phi) is 4.72. The largest absolute Gasteiger partial charge is 0.239 e. The van der Waals surface area contributed by atoms with Gasteiger partial charge in [0.25, 0.3) is 0 Å². The van der Waals surface area contributed by atoms with Crippen molar-refractivity contribution in [1.29, 1.82) is 0 Å². The number of sulfonamides is 1. The van der Waals surface area contributed by atoms with Crippen LogP contribution >= 0.6 is 11.3 Å². The van der Waals surface area contributed by atoms with Crippen LogP contribution in [-0.4, -0.2) is 47.0 Å². The number of hydrogen-bond acceptors (Lipinski definition) is 6. The third-order valence-electron chi connectivity index (χ3n) is 4.38. The van der Waals surface area contributed by atoms with E-state index in [-0.39, 0.29) is 5.92 Å². The number of rotatable bonds is 3. The highest BCUT2D eigenvalue weighted by Gasteiger charge is 2.28. The molecule has 0 saturated carbocycles. The Morgan fingerprint density at radius 2 is 1.96 bits per heavy atom. The van der Waals surface area contributed by atoms with Crippen LogP contribution < -0.4 is 0 Å². The van der Waals surface area contributed by atoms with Gasteiger partial charge in [0.05, 0.1) is 11.9 Å². The fourth-order valence-corrected chi connectivity index (χ4v) is 4.76.